The molecule has 0 fully saturated rings. The summed E-state index contributed by atoms with van der Waals surface area (Å²) >= 11 is 6.71. The molecule has 0 aliphatic heterocycles. The lowest BCUT2D eigenvalue weighted by Crippen LogP contribution is -1.99. The molecule has 0 N–H and O–H groups in total. The van der Waals surface area contributed by atoms with Gasteiger partial charge in [0, 0.05) is 12.0 Å². The molecule has 0 radical (unpaired) electrons. The van der Waals surface area contributed by atoms with E-state index >= 15 is 0 Å². The second kappa shape index (κ2) is 7.46. The number of benzene rings is 1. The Morgan fingerprint density at radius 1 is 1.29 bits per heavy atom. The van der Waals surface area contributed by atoms with Gasteiger partial charge in [-0.15, -0.1) is 0 Å². The van der Waals surface area contributed by atoms with Crippen LogP contribution < -0.4 is 4.74 Å². The van der Waals surface area contributed by atoms with Crippen LogP contribution in [0.2, 0.25) is 0 Å². The van der Waals surface area contributed by atoms with Crippen molar-refractivity contribution < 1.29 is 9.53 Å². The molecule has 0 amide bonds. The molecule has 0 heterocycles. The Labute approximate surface area is 117 Å². The largest absolute Gasteiger partial charge is 0.491 e. The van der Waals surface area contributed by atoms with Crippen LogP contribution in [-0.2, 0) is 0 Å². The van der Waals surface area contributed by atoms with Crippen molar-refractivity contribution >= 4 is 38.1 Å². The van der Waals surface area contributed by atoms with E-state index in [-0.39, 0.29) is 0 Å². The maximum Gasteiger partial charge on any atom is 0.150 e. The molecule has 0 saturated heterocycles. The Bertz CT molecular complexity index is 418. The van der Waals surface area contributed by atoms with E-state index in [4.69, 9.17) is 10.00 Å². The lowest BCUT2D eigenvalue weighted by Gasteiger charge is -2.10. The van der Waals surface area contributed by atoms with Gasteiger partial charge < -0.3 is 4.74 Å². The van der Waals surface area contributed by atoms with Gasteiger partial charge in [0.15, 0.2) is 0 Å². The second-order valence-electron chi connectivity index (χ2n) is 3.40. The van der Waals surface area contributed by atoms with Crippen molar-refractivity contribution in [2.45, 2.75) is 19.3 Å². The van der Waals surface area contributed by atoms with Crippen LogP contribution in [0.3, 0.4) is 0 Å². The molecular formula is C12H11Br2NO2. The average Bonchev–Trinajstić information content (AvgIpc) is 2.31. The molecule has 17 heavy (non-hydrogen) atoms. The Morgan fingerprint density at radius 3 is 2.47 bits per heavy atom. The third-order valence-electron chi connectivity index (χ3n) is 2.09. The third kappa shape index (κ3) is 4.49. The van der Waals surface area contributed by atoms with E-state index < -0.39 is 0 Å². The number of rotatable bonds is 6. The number of hydrogen-bond acceptors (Lipinski definition) is 3. The van der Waals surface area contributed by atoms with Crippen LogP contribution in [-0.4, -0.2) is 12.9 Å². The monoisotopic (exact) mass is 359 g/mol. The van der Waals surface area contributed by atoms with Gasteiger partial charge in [0.25, 0.3) is 0 Å². The smallest absolute Gasteiger partial charge is 0.150 e. The first-order valence-corrected chi connectivity index (χ1v) is 6.71. The van der Waals surface area contributed by atoms with Gasteiger partial charge in [0.1, 0.15) is 12.0 Å². The first-order chi connectivity index (χ1) is 8.19. The summed E-state index contributed by atoms with van der Waals surface area (Å²) in [7, 11) is 0. The standard InChI is InChI=1S/C12H11Br2NO2/c13-10-6-9(8-16)7-11(14)12(10)17-5-3-1-2-4-15/h6-8H,1-3,5H2. The molecule has 0 bridgehead atoms. The van der Waals surface area contributed by atoms with Crippen LogP contribution in [0.4, 0.5) is 0 Å². The fourth-order valence-corrected chi connectivity index (χ4v) is 2.72. The molecule has 0 aromatic heterocycles. The summed E-state index contributed by atoms with van der Waals surface area (Å²) in [5, 5.41) is 8.39. The van der Waals surface area contributed by atoms with Crippen LogP contribution in [0, 0.1) is 11.3 Å². The Morgan fingerprint density at radius 2 is 1.94 bits per heavy atom. The third-order valence-corrected chi connectivity index (χ3v) is 3.26. The summed E-state index contributed by atoms with van der Waals surface area (Å²) in [6, 6.07) is 5.51. The van der Waals surface area contributed by atoms with Crippen LogP contribution in [0.25, 0.3) is 0 Å². The van der Waals surface area contributed by atoms with E-state index in [2.05, 4.69) is 37.9 Å². The predicted molar refractivity (Wildman–Crippen MR) is 72.2 cm³/mol. The van der Waals surface area contributed by atoms with Gasteiger partial charge in [-0.05, 0) is 56.8 Å². The Balaban J connectivity index is 2.59. The van der Waals surface area contributed by atoms with E-state index in [0.29, 0.717) is 24.3 Å². The summed E-state index contributed by atoms with van der Waals surface area (Å²) in [5.74, 6) is 0.688. The summed E-state index contributed by atoms with van der Waals surface area (Å²) in [6.07, 6.45) is 3.00. The molecule has 0 atom stereocenters. The zero-order chi connectivity index (χ0) is 12.7. The minimum absolute atomic E-state index is 0.551. The molecule has 0 unspecified atom stereocenters. The fourth-order valence-electron chi connectivity index (χ4n) is 1.27. The quantitative estimate of drug-likeness (QED) is 0.566. The molecule has 1 rings (SSSR count). The van der Waals surface area contributed by atoms with E-state index in [1.54, 1.807) is 12.1 Å². The van der Waals surface area contributed by atoms with Crippen LogP contribution >= 0.6 is 31.9 Å². The molecule has 3 nitrogen and oxygen atoms in total. The van der Waals surface area contributed by atoms with Crippen molar-refractivity contribution in [2.75, 3.05) is 6.61 Å². The minimum Gasteiger partial charge on any atom is -0.491 e. The van der Waals surface area contributed by atoms with Gasteiger partial charge in [-0.2, -0.15) is 5.26 Å². The maximum atomic E-state index is 10.6. The topological polar surface area (TPSA) is 50.1 Å². The molecule has 1 aromatic carbocycles. The van der Waals surface area contributed by atoms with Crippen molar-refractivity contribution in [3.63, 3.8) is 0 Å². The highest BCUT2D eigenvalue weighted by Gasteiger charge is 2.08. The molecule has 0 spiro atoms. The molecule has 1 aromatic rings. The second-order valence-corrected chi connectivity index (χ2v) is 5.10. The van der Waals surface area contributed by atoms with E-state index in [0.717, 1.165) is 28.1 Å². The van der Waals surface area contributed by atoms with E-state index in [1.807, 2.05) is 0 Å². The summed E-state index contributed by atoms with van der Waals surface area (Å²) < 4.78 is 7.08. The van der Waals surface area contributed by atoms with Crippen molar-refractivity contribution in [3.05, 3.63) is 26.6 Å². The highest BCUT2D eigenvalue weighted by molar-refractivity contribution is 9.11. The number of nitriles is 1. The number of unbranched alkanes of at least 4 members (excludes halogenated alkanes) is 2. The van der Waals surface area contributed by atoms with Gasteiger partial charge in [-0.3, -0.25) is 4.79 Å². The zero-order valence-electron chi connectivity index (χ0n) is 9.08. The molecule has 0 aliphatic carbocycles. The van der Waals surface area contributed by atoms with Gasteiger partial charge in [0.05, 0.1) is 21.6 Å². The number of halogens is 2. The summed E-state index contributed by atoms with van der Waals surface area (Å²) in [6.45, 7) is 0.555. The molecule has 0 saturated carbocycles. The fraction of sp³-hybridized carbons (Fsp3) is 0.333. The number of aldehydes is 1. The number of nitrogens with zero attached hydrogens (tertiary/aromatic N) is 1. The van der Waals surface area contributed by atoms with Gasteiger partial charge in [0.2, 0.25) is 0 Å². The SMILES string of the molecule is N#CCCCCOc1c(Br)cc(C=O)cc1Br. The average molecular weight is 361 g/mol. The number of hydrogen-bond donors (Lipinski definition) is 0. The van der Waals surface area contributed by atoms with Crippen LogP contribution in [0.5, 0.6) is 5.75 Å². The Kier molecular flexibility index (Phi) is 6.23. The van der Waals surface area contributed by atoms with Crippen molar-refractivity contribution in [1.82, 2.24) is 0 Å². The van der Waals surface area contributed by atoms with Crippen LogP contribution in [0.1, 0.15) is 29.6 Å². The number of ether oxygens (including phenoxy) is 1. The highest BCUT2D eigenvalue weighted by Crippen LogP contribution is 2.34. The molecule has 90 valence electrons. The van der Waals surface area contributed by atoms with Gasteiger partial charge in [-0.1, -0.05) is 0 Å². The van der Waals surface area contributed by atoms with Crippen molar-refractivity contribution in [3.8, 4) is 11.8 Å². The predicted octanol–water partition coefficient (Wildman–Crippen LogP) is 4.10. The summed E-state index contributed by atoms with van der Waals surface area (Å²) in [4.78, 5) is 10.6. The minimum atomic E-state index is 0.551. The van der Waals surface area contributed by atoms with Crippen molar-refractivity contribution in [1.29, 1.82) is 5.26 Å². The maximum absolute atomic E-state index is 10.6. The lowest BCUT2D eigenvalue weighted by molar-refractivity contribution is 0.112. The van der Waals surface area contributed by atoms with Gasteiger partial charge >= 0.3 is 0 Å². The van der Waals surface area contributed by atoms with Crippen molar-refractivity contribution in [2.24, 2.45) is 0 Å². The lowest BCUT2D eigenvalue weighted by atomic mass is 10.2. The highest BCUT2D eigenvalue weighted by atomic mass is 79.9. The summed E-state index contributed by atoms with van der Waals surface area (Å²) in [5.41, 5.74) is 0.584. The molecular weight excluding hydrogens is 350 g/mol. The Hall–Kier alpha value is -0.860. The van der Waals surface area contributed by atoms with Crippen LogP contribution in [0.15, 0.2) is 21.1 Å². The van der Waals surface area contributed by atoms with Gasteiger partial charge in [-0.25, -0.2) is 0 Å². The molecule has 5 heteroatoms. The van der Waals surface area contributed by atoms with E-state index in [1.165, 1.54) is 0 Å². The normalized spacial score (nSPS) is 9.71. The zero-order valence-corrected chi connectivity index (χ0v) is 12.3. The number of carbonyl (C=O) groups excluding carboxylic acids is 1. The molecule has 0 aliphatic rings. The van der Waals surface area contributed by atoms with E-state index in [9.17, 15) is 4.79 Å². The first kappa shape index (κ1) is 14.2. The number of carbonyl (C=O) groups is 1. The first-order valence-electron chi connectivity index (χ1n) is 5.13.